The smallest absolute Gasteiger partial charge is 0.254 e. The Morgan fingerprint density at radius 1 is 1.12 bits per heavy atom. The Balaban J connectivity index is 1.27. The van der Waals surface area contributed by atoms with Gasteiger partial charge in [-0.05, 0) is 42.6 Å². The summed E-state index contributed by atoms with van der Waals surface area (Å²) >= 11 is 1.82. The zero-order valence-electron chi connectivity index (χ0n) is 18.1. The Morgan fingerprint density at radius 3 is 2.82 bits per heavy atom. The predicted molar refractivity (Wildman–Crippen MR) is 123 cm³/mol. The number of nitrogens with one attached hydrogen (secondary N) is 1. The minimum absolute atomic E-state index is 0.327. The minimum Gasteiger partial charge on any atom is -0.342 e. The largest absolute Gasteiger partial charge is 0.342 e. The summed E-state index contributed by atoms with van der Waals surface area (Å²) in [6.07, 6.45) is 0.747. The molecule has 0 spiro atoms. The molecule has 170 valence electrons. The number of carbonyl (C=O) groups excluding carboxylic acids is 1. The number of nitrogens with zero attached hydrogens (tertiary/aromatic N) is 4. The molecule has 33 heavy (non-hydrogen) atoms. The minimum atomic E-state index is -0.766. The van der Waals surface area contributed by atoms with Crippen molar-refractivity contribution in [2.45, 2.75) is 32.5 Å². The number of hydrogen-bond donors (Lipinski definition) is 1. The molecule has 2 aromatic heterocycles. The van der Waals surface area contributed by atoms with Crippen LogP contribution >= 0.6 is 11.3 Å². The van der Waals surface area contributed by atoms with Crippen molar-refractivity contribution in [1.29, 1.82) is 0 Å². The fraction of sp³-hybridized carbons (Fsp3) is 0.292. The summed E-state index contributed by atoms with van der Waals surface area (Å²) in [5.41, 5.74) is -0.327. The van der Waals surface area contributed by atoms with E-state index in [1.54, 1.807) is 6.92 Å². The van der Waals surface area contributed by atoms with Crippen LogP contribution in [0, 0.1) is 11.6 Å². The van der Waals surface area contributed by atoms with Crippen molar-refractivity contribution in [3.63, 3.8) is 0 Å². The van der Waals surface area contributed by atoms with Crippen LogP contribution in [0.3, 0.4) is 0 Å². The van der Waals surface area contributed by atoms with Crippen molar-refractivity contribution < 1.29 is 13.6 Å². The Bertz CT molecular complexity index is 1280. The highest BCUT2D eigenvalue weighted by atomic mass is 32.1. The van der Waals surface area contributed by atoms with Crippen molar-refractivity contribution in [3.05, 3.63) is 82.3 Å². The molecule has 0 fully saturated rings. The Labute approximate surface area is 193 Å². The third-order valence-electron chi connectivity index (χ3n) is 5.91. The maximum absolute atomic E-state index is 14.0. The van der Waals surface area contributed by atoms with Gasteiger partial charge in [-0.2, -0.15) is 0 Å². The standard InChI is InChI=1S/C24H23F2N5OS/c1-15(27-24(32)19-13-17(25)6-7-20(19)26)23-29-28-22-8-9-30(10-11-31(22)23)14-18-12-16-4-2-3-5-21(16)33-18/h2-7,12-13,15H,8-11,14H2,1H3,(H,27,32)/t15-/m0/s1. The van der Waals surface area contributed by atoms with Gasteiger partial charge < -0.3 is 9.88 Å². The summed E-state index contributed by atoms with van der Waals surface area (Å²) in [5, 5.41) is 12.6. The van der Waals surface area contributed by atoms with Crippen LogP contribution in [0.1, 0.15) is 39.8 Å². The fourth-order valence-electron chi connectivity index (χ4n) is 4.21. The molecule has 5 rings (SSSR count). The van der Waals surface area contributed by atoms with Crippen LogP contribution in [-0.4, -0.2) is 38.7 Å². The van der Waals surface area contributed by atoms with Crippen molar-refractivity contribution >= 4 is 27.3 Å². The molecule has 0 bridgehead atoms. The van der Waals surface area contributed by atoms with Crippen LogP contribution in [0.15, 0.2) is 48.5 Å². The summed E-state index contributed by atoms with van der Waals surface area (Å²) in [7, 11) is 0. The molecule has 0 unspecified atom stereocenters. The van der Waals surface area contributed by atoms with Gasteiger partial charge in [0.05, 0.1) is 11.6 Å². The van der Waals surface area contributed by atoms with Crippen LogP contribution in [0.25, 0.3) is 10.1 Å². The maximum atomic E-state index is 14.0. The van der Waals surface area contributed by atoms with Gasteiger partial charge in [0, 0.05) is 42.2 Å². The summed E-state index contributed by atoms with van der Waals surface area (Å²) in [6, 6.07) is 13.0. The number of amides is 1. The van der Waals surface area contributed by atoms with Crippen molar-refractivity contribution in [2.75, 3.05) is 13.1 Å². The van der Waals surface area contributed by atoms with E-state index in [1.165, 1.54) is 15.0 Å². The van der Waals surface area contributed by atoms with E-state index in [4.69, 9.17) is 0 Å². The molecule has 3 heterocycles. The van der Waals surface area contributed by atoms with Gasteiger partial charge in [0.25, 0.3) is 5.91 Å². The average molecular weight is 468 g/mol. The highest BCUT2D eigenvalue weighted by Gasteiger charge is 2.24. The quantitative estimate of drug-likeness (QED) is 0.475. The zero-order chi connectivity index (χ0) is 22.9. The third kappa shape index (κ3) is 4.51. The zero-order valence-corrected chi connectivity index (χ0v) is 18.9. The van der Waals surface area contributed by atoms with Gasteiger partial charge in [-0.1, -0.05) is 18.2 Å². The first-order valence-electron chi connectivity index (χ1n) is 10.9. The lowest BCUT2D eigenvalue weighted by Crippen LogP contribution is -2.30. The number of carbonyl (C=O) groups is 1. The van der Waals surface area contributed by atoms with Gasteiger partial charge >= 0.3 is 0 Å². The van der Waals surface area contributed by atoms with E-state index in [0.717, 1.165) is 50.1 Å². The molecule has 9 heteroatoms. The van der Waals surface area contributed by atoms with E-state index in [1.807, 2.05) is 15.9 Å². The monoisotopic (exact) mass is 467 g/mol. The first-order valence-corrected chi connectivity index (χ1v) is 11.7. The molecule has 1 aliphatic heterocycles. The first-order chi connectivity index (χ1) is 16.0. The fourth-order valence-corrected chi connectivity index (χ4v) is 5.32. The molecule has 0 saturated carbocycles. The van der Waals surface area contributed by atoms with Gasteiger partial charge in [-0.15, -0.1) is 21.5 Å². The molecular formula is C24H23F2N5OS. The Kier molecular flexibility index (Phi) is 5.90. The van der Waals surface area contributed by atoms with Crippen molar-refractivity contribution in [3.8, 4) is 0 Å². The molecule has 1 aliphatic rings. The lowest BCUT2D eigenvalue weighted by atomic mass is 10.1. The van der Waals surface area contributed by atoms with E-state index < -0.39 is 23.6 Å². The highest BCUT2D eigenvalue weighted by Crippen LogP contribution is 2.27. The summed E-state index contributed by atoms with van der Waals surface area (Å²) in [4.78, 5) is 16.2. The number of hydrogen-bond acceptors (Lipinski definition) is 5. The molecule has 2 aromatic carbocycles. The van der Waals surface area contributed by atoms with E-state index in [0.29, 0.717) is 12.4 Å². The first kappa shape index (κ1) is 21.7. The van der Waals surface area contributed by atoms with Crippen LogP contribution in [0.2, 0.25) is 0 Å². The molecule has 4 aromatic rings. The third-order valence-corrected chi connectivity index (χ3v) is 7.01. The van der Waals surface area contributed by atoms with E-state index in [2.05, 4.69) is 50.7 Å². The topological polar surface area (TPSA) is 63.1 Å². The van der Waals surface area contributed by atoms with Gasteiger partial charge in [-0.3, -0.25) is 9.69 Å². The molecule has 6 nitrogen and oxygen atoms in total. The highest BCUT2D eigenvalue weighted by molar-refractivity contribution is 7.19. The van der Waals surface area contributed by atoms with E-state index >= 15 is 0 Å². The molecule has 1 amide bonds. The summed E-state index contributed by atoms with van der Waals surface area (Å²) < 4.78 is 30.7. The normalized spacial score (nSPS) is 15.2. The second-order valence-corrected chi connectivity index (χ2v) is 9.39. The lowest BCUT2D eigenvalue weighted by molar-refractivity contribution is 0.0933. The second kappa shape index (κ2) is 8.99. The number of fused-ring (bicyclic) bond motifs is 2. The number of aromatic nitrogens is 3. The van der Waals surface area contributed by atoms with Crippen LogP contribution in [0.4, 0.5) is 8.78 Å². The van der Waals surface area contributed by atoms with Gasteiger partial charge in [-0.25, -0.2) is 8.78 Å². The van der Waals surface area contributed by atoms with E-state index in [-0.39, 0.29) is 5.56 Å². The number of thiophene rings is 1. The Hall–Kier alpha value is -3.17. The maximum Gasteiger partial charge on any atom is 0.254 e. The number of benzene rings is 2. The van der Waals surface area contributed by atoms with Crippen LogP contribution in [-0.2, 0) is 19.5 Å². The Morgan fingerprint density at radius 2 is 1.97 bits per heavy atom. The van der Waals surface area contributed by atoms with Gasteiger partial charge in [0.1, 0.15) is 17.5 Å². The number of halogens is 2. The van der Waals surface area contributed by atoms with Crippen LogP contribution in [0.5, 0.6) is 0 Å². The van der Waals surface area contributed by atoms with Crippen LogP contribution < -0.4 is 5.32 Å². The van der Waals surface area contributed by atoms with Gasteiger partial charge in [0.15, 0.2) is 5.82 Å². The SMILES string of the molecule is C[C@H](NC(=O)c1cc(F)ccc1F)c1nnc2n1CCN(Cc1cc3ccccc3s1)CC2. The molecule has 0 radical (unpaired) electrons. The second-order valence-electron chi connectivity index (χ2n) is 8.22. The van der Waals surface area contributed by atoms with Gasteiger partial charge in [0.2, 0.25) is 0 Å². The predicted octanol–water partition coefficient (Wildman–Crippen LogP) is 4.32. The molecular weight excluding hydrogens is 444 g/mol. The lowest BCUT2D eigenvalue weighted by Gasteiger charge is -2.19. The van der Waals surface area contributed by atoms with Crippen molar-refractivity contribution in [2.24, 2.45) is 0 Å². The average Bonchev–Trinajstić information content (AvgIpc) is 3.35. The number of rotatable bonds is 5. The molecule has 1 N–H and O–H groups in total. The molecule has 0 aliphatic carbocycles. The van der Waals surface area contributed by atoms with Crippen molar-refractivity contribution in [1.82, 2.24) is 25.0 Å². The molecule has 0 saturated heterocycles. The summed E-state index contributed by atoms with van der Waals surface area (Å²) in [5.74, 6) is -0.639. The van der Waals surface area contributed by atoms with E-state index in [9.17, 15) is 13.6 Å². The molecule has 1 atom stereocenters. The summed E-state index contributed by atoms with van der Waals surface area (Å²) in [6.45, 7) is 5.02.